The van der Waals surface area contributed by atoms with Gasteiger partial charge in [0.1, 0.15) is 6.61 Å². The molecule has 0 unspecified atom stereocenters. The van der Waals surface area contributed by atoms with Crippen molar-refractivity contribution in [1.82, 2.24) is 9.80 Å². The van der Waals surface area contributed by atoms with Crippen LogP contribution in [0.4, 0.5) is 11.4 Å². The Labute approximate surface area is 201 Å². The number of nitrogens with one attached hydrogen (secondary N) is 1. The maximum Gasteiger partial charge on any atom is 0.256 e. The molecule has 2 aromatic carbocycles. The molecule has 0 spiro atoms. The minimum absolute atomic E-state index is 0.0247. The Morgan fingerprint density at radius 3 is 2.47 bits per heavy atom. The molecule has 0 atom stereocenters. The monoisotopic (exact) mass is 466 g/mol. The normalized spacial score (nSPS) is 17.0. The number of benzene rings is 2. The molecule has 2 fully saturated rings. The van der Waals surface area contributed by atoms with Gasteiger partial charge in [0.2, 0.25) is 5.91 Å². The van der Waals surface area contributed by atoms with Gasteiger partial charge in [0.25, 0.3) is 5.91 Å². The molecule has 0 bridgehead atoms. The van der Waals surface area contributed by atoms with Crippen LogP contribution < -0.4 is 10.2 Å². The number of carbonyl (C=O) groups excluding carboxylic acids is 2. The van der Waals surface area contributed by atoms with Crippen LogP contribution in [0.1, 0.15) is 21.5 Å². The highest BCUT2D eigenvalue weighted by Gasteiger charge is 2.26. The van der Waals surface area contributed by atoms with Gasteiger partial charge in [-0.15, -0.1) is 0 Å². The summed E-state index contributed by atoms with van der Waals surface area (Å²) in [5.41, 5.74) is 4.73. The Kier molecular flexibility index (Phi) is 8.16. The second-order valence-corrected chi connectivity index (χ2v) is 8.87. The molecule has 0 aromatic heterocycles. The van der Waals surface area contributed by atoms with Crippen molar-refractivity contribution in [3.63, 3.8) is 0 Å². The number of rotatable bonds is 7. The lowest BCUT2D eigenvalue weighted by Gasteiger charge is -2.37. The Morgan fingerprint density at radius 1 is 1.00 bits per heavy atom. The first kappa shape index (κ1) is 24.2. The predicted molar refractivity (Wildman–Crippen MR) is 132 cm³/mol. The molecule has 0 radical (unpaired) electrons. The average Bonchev–Trinajstić information content (AvgIpc) is 2.85. The van der Waals surface area contributed by atoms with Gasteiger partial charge in [-0.3, -0.25) is 14.5 Å². The lowest BCUT2D eigenvalue weighted by atomic mass is 10.1. The molecule has 4 rings (SSSR count). The van der Waals surface area contributed by atoms with Crippen LogP contribution in [-0.2, 0) is 20.8 Å². The number of hydrogen-bond acceptors (Lipinski definition) is 6. The summed E-state index contributed by atoms with van der Waals surface area (Å²) in [6, 6.07) is 14.2. The number of amides is 2. The van der Waals surface area contributed by atoms with E-state index in [0.29, 0.717) is 37.6 Å². The SMILES string of the molecule is COCC(=O)Nc1ccc(N2CCN(Cc3cccc(C)c3)CC2)c(C(=O)N2CCOCC2)c1. The van der Waals surface area contributed by atoms with E-state index in [4.69, 9.17) is 9.47 Å². The van der Waals surface area contributed by atoms with Crippen molar-refractivity contribution in [3.05, 3.63) is 59.2 Å². The van der Waals surface area contributed by atoms with Crippen LogP contribution in [0.2, 0.25) is 0 Å². The lowest BCUT2D eigenvalue weighted by molar-refractivity contribution is -0.119. The van der Waals surface area contributed by atoms with Gasteiger partial charge in [0, 0.05) is 64.3 Å². The maximum absolute atomic E-state index is 13.5. The van der Waals surface area contributed by atoms with Crippen LogP contribution >= 0.6 is 0 Å². The quantitative estimate of drug-likeness (QED) is 0.676. The van der Waals surface area contributed by atoms with Crippen molar-refractivity contribution in [2.24, 2.45) is 0 Å². The zero-order valence-electron chi connectivity index (χ0n) is 20.1. The minimum Gasteiger partial charge on any atom is -0.378 e. The summed E-state index contributed by atoms with van der Waals surface area (Å²) >= 11 is 0. The summed E-state index contributed by atoms with van der Waals surface area (Å²) in [5, 5.41) is 2.82. The van der Waals surface area contributed by atoms with Gasteiger partial charge in [-0.25, -0.2) is 0 Å². The highest BCUT2D eigenvalue weighted by Crippen LogP contribution is 2.28. The van der Waals surface area contributed by atoms with Crippen LogP contribution in [0, 0.1) is 6.92 Å². The Hall–Kier alpha value is -2.94. The van der Waals surface area contributed by atoms with E-state index >= 15 is 0 Å². The molecule has 2 heterocycles. The van der Waals surface area contributed by atoms with E-state index in [1.807, 2.05) is 17.0 Å². The van der Waals surface area contributed by atoms with E-state index in [1.165, 1.54) is 18.2 Å². The van der Waals surface area contributed by atoms with Gasteiger partial charge in [0.15, 0.2) is 0 Å². The zero-order valence-corrected chi connectivity index (χ0v) is 20.1. The van der Waals surface area contributed by atoms with E-state index < -0.39 is 0 Å². The highest BCUT2D eigenvalue weighted by atomic mass is 16.5. The largest absolute Gasteiger partial charge is 0.378 e. The Bertz CT molecular complexity index is 998. The summed E-state index contributed by atoms with van der Waals surface area (Å²) in [5.74, 6) is -0.270. The number of aryl methyl sites for hydroxylation is 1. The van der Waals surface area contributed by atoms with Gasteiger partial charge < -0.3 is 24.6 Å². The van der Waals surface area contributed by atoms with Gasteiger partial charge >= 0.3 is 0 Å². The fraction of sp³-hybridized carbons (Fsp3) is 0.462. The second kappa shape index (κ2) is 11.5. The molecule has 0 aliphatic carbocycles. The molecule has 182 valence electrons. The lowest BCUT2D eigenvalue weighted by Crippen LogP contribution is -2.47. The molecule has 2 amide bonds. The number of nitrogens with zero attached hydrogens (tertiary/aromatic N) is 3. The summed E-state index contributed by atoms with van der Waals surface area (Å²) in [4.78, 5) is 32.0. The van der Waals surface area contributed by atoms with Crippen molar-refractivity contribution < 1.29 is 19.1 Å². The van der Waals surface area contributed by atoms with E-state index in [-0.39, 0.29) is 18.4 Å². The molecular formula is C26H34N4O4. The summed E-state index contributed by atoms with van der Waals surface area (Å²) < 4.78 is 10.3. The summed E-state index contributed by atoms with van der Waals surface area (Å²) in [7, 11) is 1.48. The first-order valence-corrected chi connectivity index (χ1v) is 11.9. The first-order chi connectivity index (χ1) is 16.5. The molecule has 1 N–H and O–H groups in total. The number of morpholine rings is 1. The number of piperazine rings is 1. The Balaban J connectivity index is 1.49. The van der Waals surface area contributed by atoms with Gasteiger partial charge in [-0.2, -0.15) is 0 Å². The third-order valence-electron chi connectivity index (χ3n) is 6.29. The number of hydrogen-bond donors (Lipinski definition) is 1. The van der Waals surface area contributed by atoms with Gasteiger partial charge in [-0.1, -0.05) is 29.8 Å². The van der Waals surface area contributed by atoms with Gasteiger partial charge in [0.05, 0.1) is 18.8 Å². The fourth-order valence-corrected chi connectivity index (χ4v) is 4.54. The van der Waals surface area contributed by atoms with Crippen LogP contribution in [0.5, 0.6) is 0 Å². The number of anilines is 2. The van der Waals surface area contributed by atoms with E-state index in [0.717, 1.165) is 38.4 Å². The van der Waals surface area contributed by atoms with Crippen molar-refractivity contribution in [3.8, 4) is 0 Å². The van der Waals surface area contributed by atoms with Crippen molar-refractivity contribution in [2.75, 3.05) is 76.4 Å². The maximum atomic E-state index is 13.5. The standard InChI is InChI=1S/C26H34N4O4/c1-20-4-3-5-21(16-20)18-28-8-10-29(11-9-28)24-7-6-22(27-25(31)19-33-2)17-23(24)26(32)30-12-14-34-15-13-30/h3-7,16-17H,8-15,18-19H2,1-2H3,(H,27,31). The molecule has 34 heavy (non-hydrogen) atoms. The summed E-state index contributed by atoms with van der Waals surface area (Å²) in [6.45, 7) is 8.77. The average molecular weight is 467 g/mol. The number of methoxy groups -OCH3 is 1. The number of carbonyl (C=O) groups is 2. The molecular weight excluding hydrogens is 432 g/mol. The van der Waals surface area contributed by atoms with E-state index in [2.05, 4.69) is 46.3 Å². The molecule has 2 aliphatic rings. The van der Waals surface area contributed by atoms with Crippen molar-refractivity contribution >= 4 is 23.2 Å². The minimum atomic E-state index is -0.246. The highest BCUT2D eigenvalue weighted by molar-refractivity contribution is 6.02. The van der Waals surface area contributed by atoms with E-state index in [9.17, 15) is 9.59 Å². The predicted octanol–water partition coefficient (Wildman–Crippen LogP) is 2.37. The summed E-state index contributed by atoms with van der Waals surface area (Å²) in [6.07, 6.45) is 0. The number of ether oxygens (including phenoxy) is 2. The van der Waals surface area contributed by atoms with Crippen LogP contribution in [0.25, 0.3) is 0 Å². The molecule has 8 heteroatoms. The van der Waals surface area contributed by atoms with Crippen LogP contribution in [0.3, 0.4) is 0 Å². The van der Waals surface area contributed by atoms with Crippen molar-refractivity contribution in [2.45, 2.75) is 13.5 Å². The zero-order chi connectivity index (χ0) is 23.9. The van der Waals surface area contributed by atoms with Crippen LogP contribution in [0.15, 0.2) is 42.5 Å². The van der Waals surface area contributed by atoms with Gasteiger partial charge in [-0.05, 0) is 30.7 Å². The smallest absolute Gasteiger partial charge is 0.256 e. The fourth-order valence-electron chi connectivity index (χ4n) is 4.54. The van der Waals surface area contributed by atoms with E-state index in [1.54, 1.807) is 6.07 Å². The molecule has 0 saturated carbocycles. The third kappa shape index (κ3) is 6.14. The van der Waals surface area contributed by atoms with Crippen LogP contribution in [-0.4, -0.2) is 87.8 Å². The second-order valence-electron chi connectivity index (χ2n) is 8.87. The topological polar surface area (TPSA) is 74.4 Å². The molecule has 2 aromatic rings. The van der Waals surface area contributed by atoms with Crippen molar-refractivity contribution in [1.29, 1.82) is 0 Å². The first-order valence-electron chi connectivity index (χ1n) is 11.9. The molecule has 2 saturated heterocycles. The Morgan fingerprint density at radius 2 is 1.76 bits per heavy atom. The molecule has 8 nitrogen and oxygen atoms in total. The third-order valence-corrected chi connectivity index (χ3v) is 6.29. The molecule has 2 aliphatic heterocycles.